The van der Waals surface area contributed by atoms with E-state index in [1.54, 1.807) is 24.0 Å². The third-order valence-electron chi connectivity index (χ3n) is 3.77. The molecule has 0 aromatic carbocycles. The second-order valence-corrected chi connectivity index (χ2v) is 5.96. The predicted molar refractivity (Wildman–Crippen MR) is 93.5 cm³/mol. The molecular weight excluding hydrogens is 304 g/mol. The van der Waals surface area contributed by atoms with Gasteiger partial charge >= 0.3 is 0 Å². The van der Waals surface area contributed by atoms with Crippen LogP contribution in [0.2, 0.25) is 0 Å². The van der Waals surface area contributed by atoms with E-state index >= 15 is 0 Å². The molecule has 0 saturated carbocycles. The predicted octanol–water partition coefficient (Wildman–Crippen LogP) is 1.76. The third-order valence-corrected chi connectivity index (χ3v) is 3.77. The van der Waals surface area contributed by atoms with Gasteiger partial charge in [-0.05, 0) is 38.5 Å². The van der Waals surface area contributed by atoms with Crippen molar-refractivity contribution in [2.24, 2.45) is 0 Å². The Morgan fingerprint density at radius 1 is 1.38 bits per heavy atom. The molecule has 0 amide bonds. The minimum Gasteiger partial charge on any atom is -0.391 e. The summed E-state index contributed by atoms with van der Waals surface area (Å²) in [5.74, 6) is 0. The van der Waals surface area contributed by atoms with E-state index in [4.69, 9.17) is 0 Å². The molecule has 2 aromatic heterocycles. The summed E-state index contributed by atoms with van der Waals surface area (Å²) in [5.41, 5.74) is 12.4. The molecule has 0 fully saturated rings. The third kappa shape index (κ3) is 3.57. The van der Waals surface area contributed by atoms with Crippen molar-refractivity contribution in [3.63, 3.8) is 0 Å². The lowest BCUT2D eigenvalue weighted by Gasteiger charge is -2.08. The molecule has 2 aromatic rings. The Kier molecular flexibility index (Phi) is 4.52. The van der Waals surface area contributed by atoms with Crippen LogP contribution in [0, 0.1) is 6.92 Å². The number of hydrogen-bond donors (Lipinski definition) is 4. The summed E-state index contributed by atoms with van der Waals surface area (Å²) in [4.78, 5) is 4.18. The lowest BCUT2D eigenvalue weighted by Crippen LogP contribution is -2.24. The van der Waals surface area contributed by atoms with Crippen LogP contribution < -0.4 is 16.2 Å². The molecule has 7 nitrogen and oxygen atoms in total. The van der Waals surface area contributed by atoms with Gasteiger partial charge in [-0.3, -0.25) is 15.1 Å². The topological polar surface area (TPSA) is 87.0 Å². The Labute approximate surface area is 141 Å². The number of rotatable bonds is 5. The molecule has 0 unspecified atom stereocenters. The quantitative estimate of drug-likeness (QED) is 0.670. The van der Waals surface area contributed by atoms with Crippen molar-refractivity contribution >= 4 is 11.4 Å². The molecule has 4 N–H and O–H groups in total. The zero-order valence-corrected chi connectivity index (χ0v) is 14.0. The number of aliphatic hydroxyl groups excluding tert-OH is 1. The number of aryl methyl sites for hydroxylation is 1. The van der Waals surface area contributed by atoms with Crippen LogP contribution in [0.3, 0.4) is 0 Å². The normalized spacial score (nSPS) is 16.9. The highest BCUT2D eigenvalue weighted by Crippen LogP contribution is 2.21. The summed E-state index contributed by atoms with van der Waals surface area (Å²) in [6, 6.07) is 1.99. The van der Waals surface area contributed by atoms with Crippen molar-refractivity contribution < 1.29 is 5.11 Å². The van der Waals surface area contributed by atoms with Crippen LogP contribution in [-0.2, 0) is 6.54 Å². The van der Waals surface area contributed by atoms with E-state index in [1.807, 2.05) is 31.5 Å². The maximum atomic E-state index is 9.41. The number of aromatic nitrogens is 3. The second kappa shape index (κ2) is 6.76. The first kappa shape index (κ1) is 16.1. The molecule has 0 radical (unpaired) electrons. The number of anilines is 1. The van der Waals surface area contributed by atoms with Gasteiger partial charge in [-0.15, -0.1) is 0 Å². The highest BCUT2D eigenvalue weighted by atomic mass is 16.3. The Balaban J connectivity index is 1.75. The average Bonchev–Trinajstić information content (AvgIpc) is 3.17. The van der Waals surface area contributed by atoms with Crippen molar-refractivity contribution in [3.8, 4) is 0 Å². The van der Waals surface area contributed by atoms with Crippen molar-refractivity contribution in [2.75, 3.05) is 5.32 Å². The van der Waals surface area contributed by atoms with Crippen LogP contribution in [0.15, 0.2) is 48.3 Å². The fourth-order valence-electron chi connectivity index (χ4n) is 2.53. The first-order valence-electron chi connectivity index (χ1n) is 7.86. The van der Waals surface area contributed by atoms with Gasteiger partial charge in [-0.1, -0.05) is 0 Å². The number of aliphatic hydroxyl groups is 1. The Morgan fingerprint density at radius 2 is 2.21 bits per heavy atom. The molecule has 7 heteroatoms. The minimum absolute atomic E-state index is 0.425. The zero-order valence-electron chi connectivity index (χ0n) is 14.0. The molecule has 1 aliphatic heterocycles. The number of hydrogen-bond acceptors (Lipinski definition) is 6. The molecule has 1 aliphatic rings. The Hall–Kier alpha value is -2.80. The smallest absolute Gasteiger partial charge is 0.0768 e. The standard InChI is InChI=1S/C17H22N6O/c1-11-4-5-18-8-15(11)17-6-16(21-22-17)13(3)20-14-7-19-23(10-14)9-12(2)24/h4-8,10,12,20-22,24H,9H2,1-3H3/b16-13-/t12-/m1/s1. The van der Waals surface area contributed by atoms with Gasteiger partial charge in [0, 0.05) is 29.9 Å². The molecule has 0 spiro atoms. The molecule has 24 heavy (non-hydrogen) atoms. The van der Waals surface area contributed by atoms with Crippen LogP contribution in [0.25, 0.3) is 5.70 Å². The Morgan fingerprint density at radius 3 is 2.96 bits per heavy atom. The van der Waals surface area contributed by atoms with Crippen LogP contribution >= 0.6 is 0 Å². The van der Waals surface area contributed by atoms with Crippen molar-refractivity contribution in [1.29, 1.82) is 0 Å². The maximum absolute atomic E-state index is 9.41. The summed E-state index contributed by atoms with van der Waals surface area (Å²) < 4.78 is 1.71. The number of pyridine rings is 1. The lowest BCUT2D eigenvalue weighted by atomic mass is 10.1. The summed E-state index contributed by atoms with van der Waals surface area (Å²) in [7, 11) is 0. The van der Waals surface area contributed by atoms with Crippen molar-refractivity contribution in [2.45, 2.75) is 33.4 Å². The lowest BCUT2D eigenvalue weighted by molar-refractivity contribution is 0.168. The Bertz CT molecular complexity index is 790. The van der Waals surface area contributed by atoms with Crippen LogP contribution in [-0.4, -0.2) is 26.0 Å². The average molecular weight is 326 g/mol. The zero-order chi connectivity index (χ0) is 17.1. The van der Waals surface area contributed by atoms with Gasteiger partial charge < -0.3 is 15.8 Å². The van der Waals surface area contributed by atoms with Crippen molar-refractivity contribution in [1.82, 2.24) is 25.6 Å². The van der Waals surface area contributed by atoms with Gasteiger partial charge in [0.15, 0.2) is 0 Å². The fourth-order valence-corrected chi connectivity index (χ4v) is 2.53. The van der Waals surface area contributed by atoms with Crippen molar-refractivity contribution in [3.05, 3.63) is 59.5 Å². The monoisotopic (exact) mass is 326 g/mol. The van der Waals surface area contributed by atoms with E-state index in [1.165, 1.54) is 0 Å². The number of nitrogens with one attached hydrogen (secondary N) is 3. The molecule has 0 aliphatic carbocycles. The summed E-state index contributed by atoms with van der Waals surface area (Å²) in [6.07, 6.45) is 8.87. The summed E-state index contributed by atoms with van der Waals surface area (Å²) in [5, 5.41) is 16.9. The van der Waals surface area contributed by atoms with E-state index in [0.29, 0.717) is 6.54 Å². The highest BCUT2D eigenvalue weighted by Gasteiger charge is 2.14. The van der Waals surface area contributed by atoms with E-state index in [9.17, 15) is 5.11 Å². The van der Waals surface area contributed by atoms with E-state index in [-0.39, 0.29) is 0 Å². The van der Waals surface area contributed by atoms with E-state index in [2.05, 4.69) is 33.2 Å². The first-order chi connectivity index (χ1) is 11.5. The molecule has 3 rings (SSSR count). The molecule has 126 valence electrons. The molecule has 0 saturated heterocycles. The number of allylic oxidation sites excluding steroid dienone is 2. The maximum Gasteiger partial charge on any atom is 0.0768 e. The number of hydrazine groups is 1. The van der Waals surface area contributed by atoms with Gasteiger partial charge in [0.1, 0.15) is 0 Å². The molecular formula is C17H22N6O. The van der Waals surface area contributed by atoms with Gasteiger partial charge in [0.2, 0.25) is 0 Å². The van der Waals surface area contributed by atoms with Crippen LogP contribution in [0.4, 0.5) is 5.69 Å². The van der Waals surface area contributed by atoms with E-state index in [0.717, 1.165) is 33.9 Å². The molecule has 1 atom stereocenters. The highest BCUT2D eigenvalue weighted by molar-refractivity contribution is 5.71. The summed E-state index contributed by atoms with van der Waals surface area (Å²) in [6.45, 7) is 6.26. The van der Waals surface area contributed by atoms with Gasteiger partial charge in [-0.2, -0.15) is 5.10 Å². The SMILES string of the molecule is C/C(Nc1cnn(C[C@@H](C)O)c1)=C1\C=C(c2cnccc2C)NN1. The fraction of sp³-hybridized carbons (Fsp3) is 0.294. The van der Waals surface area contributed by atoms with Gasteiger partial charge in [0.05, 0.1) is 35.9 Å². The van der Waals surface area contributed by atoms with Gasteiger partial charge in [-0.25, -0.2) is 0 Å². The minimum atomic E-state index is -0.425. The second-order valence-electron chi connectivity index (χ2n) is 5.96. The molecule has 0 bridgehead atoms. The van der Waals surface area contributed by atoms with Crippen LogP contribution in [0.5, 0.6) is 0 Å². The first-order valence-corrected chi connectivity index (χ1v) is 7.86. The molecule has 3 heterocycles. The number of nitrogens with zero attached hydrogens (tertiary/aromatic N) is 3. The van der Waals surface area contributed by atoms with E-state index < -0.39 is 6.10 Å². The van der Waals surface area contributed by atoms with Crippen LogP contribution in [0.1, 0.15) is 25.0 Å². The largest absolute Gasteiger partial charge is 0.391 e. The summed E-state index contributed by atoms with van der Waals surface area (Å²) >= 11 is 0. The van der Waals surface area contributed by atoms with Gasteiger partial charge in [0.25, 0.3) is 0 Å².